The molecule has 1 amide bonds. The van der Waals surface area contributed by atoms with Crippen molar-refractivity contribution in [3.63, 3.8) is 0 Å². The molecule has 2 aromatic carbocycles. The van der Waals surface area contributed by atoms with E-state index in [-0.39, 0.29) is 11.7 Å². The maximum absolute atomic E-state index is 13.0. The number of halogens is 1. The van der Waals surface area contributed by atoms with Crippen LogP contribution in [-0.4, -0.2) is 32.9 Å². The van der Waals surface area contributed by atoms with Gasteiger partial charge in [0.15, 0.2) is 0 Å². The molecule has 2 heterocycles. The lowest BCUT2D eigenvalue weighted by Gasteiger charge is -2.30. The number of fused-ring (bicyclic) bond motifs is 3. The smallest absolute Gasteiger partial charge is 0.255 e. The van der Waals surface area contributed by atoms with Crippen molar-refractivity contribution < 1.29 is 9.18 Å². The van der Waals surface area contributed by atoms with Crippen LogP contribution in [0.3, 0.4) is 0 Å². The second kappa shape index (κ2) is 6.53. The van der Waals surface area contributed by atoms with Crippen LogP contribution in [0.25, 0.3) is 11.0 Å². The Balaban J connectivity index is 1.58. The summed E-state index contributed by atoms with van der Waals surface area (Å²) in [5, 5.41) is 2.86. The minimum absolute atomic E-state index is 0.265. The first-order valence-electron chi connectivity index (χ1n) is 8.81. The molecule has 1 aliphatic rings. The van der Waals surface area contributed by atoms with Gasteiger partial charge in [0, 0.05) is 30.4 Å². The van der Waals surface area contributed by atoms with Gasteiger partial charge < -0.3 is 9.88 Å². The molecule has 1 aliphatic heterocycles. The van der Waals surface area contributed by atoms with Crippen LogP contribution in [0.1, 0.15) is 30.0 Å². The van der Waals surface area contributed by atoms with Crippen molar-refractivity contribution >= 4 is 22.6 Å². The Morgan fingerprint density at radius 2 is 1.92 bits per heavy atom. The molecule has 0 saturated heterocycles. The number of hydrogen-bond donors (Lipinski definition) is 1. The summed E-state index contributed by atoms with van der Waals surface area (Å²) in [5.74, 6) is 0.434. The predicted molar refractivity (Wildman–Crippen MR) is 99.6 cm³/mol. The fourth-order valence-electron chi connectivity index (χ4n) is 3.36. The molecule has 134 valence electrons. The van der Waals surface area contributed by atoms with Gasteiger partial charge in [0.2, 0.25) is 0 Å². The lowest BCUT2D eigenvalue weighted by molar-refractivity contribution is 0.102. The molecule has 3 aromatic rings. The molecule has 1 N–H and O–H groups in total. The Morgan fingerprint density at radius 1 is 1.15 bits per heavy atom. The van der Waals surface area contributed by atoms with Crippen LogP contribution < -0.4 is 5.32 Å². The van der Waals surface area contributed by atoms with Gasteiger partial charge in [0.1, 0.15) is 11.6 Å². The third-order valence-electron chi connectivity index (χ3n) is 4.88. The number of benzene rings is 2. The van der Waals surface area contributed by atoms with Crippen molar-refractivity contribution in [1.82, 2.24) is 14.5 Å². The zero-order valence-corrected chi connectivity index (χ0v) is 14.9. The quantitative estimate of drug-likeness (QED) is 0.783. The van der Waals surface area contributed by atoms with Crippen molar-refractivity contribution in [3.05, 3.63) is 59.7 Å². The van der Waals surface area contributed by atoms with Gasteiger partial charge in [-0.3, -0.25) is 9.69 Å². The number of amides is 1. The lowest BCUT2D eigenvalue weighted by Crippen LogP contribution is -2.38. The number of hydrogen-bond acceptors (Lipinski definition) is 3. The van der Waals surface area contributed by atoms with E-state index >= 15 is 0 Å². The highest BCUT2D eigenvalue weighted by Gasteiger charge is 2.21. The number of nitrogens with one attached hydrogen (secondary N) is 1. The third-order valence-corrected chi connectivity index (χ3v) is 4.88. The van der Waals surface area contributed by atoms with Crippen LogP contribution in [0, 0.1) is 5.82 Å². The van der Waals surface area contributed by atoms with E-state index in [1.807, 2.05) is 18.2 Å². The van der Waals surface area contributed by atoms with Gasteiger partial charge in [-0.1, -0.05) is 0 Å². The zero-order chi connectivity index (χ0) is 18.3. The molecule has 1 aromatic heterocycles. The average Bonchev–Trinajstić information content (AvgIpc) is 2.98. The van der Waals surface area contributed by atoms with Crippen molar-refractivity contribution in [3.8, 4) is 0 Å². The molecule has 0 saturated carbocycles. The Morgan fingerprint density at radius 3 is 2.65 bits per heavy atom. The molecule has 6 heteroatoms. The average molecular weight is 352 g/mol. The molecule has 0 atom stereocenters. The zero-order valence-electron chi connectivity index (χ0n) is 14.9. The molecule has 5 nitrogen and oxygen atoms in total. The van der Waals surface area contributed by atoms with Crippen LogP contribution in [0.15, 0.2) is 42.5 Å². The number of carbonyl (C=O) groups excluding carboxylic acids is 1. The van der Waals surface area contributed by atoms with Crippen LogP contribution in [-0.2, 0) is 13.1 Å². The summed E-state index contributed by atoms with van der Waals surface area (Å²) in [6, 6.07) is 11.8. The predicted octanol–water partition coefficient (Wildman–Crippen LogP) is 3.65. The summed E-state index contributed by atoms with van der Waals surface area (Å²) in [6.07, 6.45) is 0. The van der Waals surface area contributed by atoms with Crippen molar-refractivity contribution in [1.29, 1.82) is 0 Å². The molecule has 0 bridgehead atoms. The SMILES string of the molecule is CC(C)N1CCn2c(nc3cc(NC(=O)c4ccc(F)cc4)ccc32)C1. The normalized spacial score (nSPS) is 14.6. The van der Waals surface area contributed by atoms with Gasteiger partial charge in [-0.25, -0.2) is 9.37 Å². The van der Waals surface area contributed by atoms with E-state index in [1.54, 1.807) is 0 Å². The van der Waals surface area contributed by atoms with Crippen LogP contribution >= 0.6 is 0 Å². The van der Waals surface area contributed by atoms with Gasteiger partial charge >= 0.3 is 0 Å². The minimum Gasteiger partial charge on any atom is -0.326 e. The fourth-order valence-corrected chi connectivity index (χ4v) is 3.36. The molecule has 4 rings (SSSR count). The summed E-state index contributed by atoms with van der Waals surface area (Å²) in [7, 11) is 0. The van der Waals surface area contributed by atoms with Crippen LogP contribution in [0.5, 0.6) is 0 Å². The van der Waals surface area contributed by atoms with Gasteiger partial charge in [0.25, 0.3) is 5.91 Å². The number of aromatic nitrogens is 2. The summed E-state index contributed by atoms with van der Waals surface area (Å²) in [6.45, 7) is 7.16. The minimum atomic E-state index is -0.359. The van der Waals surface area contributed by atoms with Gasteiger partial charge in [0.05, 0.1) is 17.6 Å². The summed E-state index contributed by atoms with van der Waals surface area (Å²) in [4.78, 5) is 19.5. The standard InChI is InChI=1S/C20H21FN4O/c1-13(2)24-9-10-25-18-8-7-16(11-17(18)23-19(25)12-24)22-20(26)14-3-5-15(21)6-4-14/h3-8,11,13H,9-10,12H2,1-2H3,(H,22,26). The first kappa shape index (κ1) is 16.7. The number of rotatable bonds is 3. The van der Waals surface area contributed by atoms with E-state index in [1.165, 1.54) is 24.3 Å². The fraction of sp³-hybridized carbons (Fsp3) is 0.300. The first-order chi connectivity index (χ1) is 12.5. The van der Waals surface area contributed by atoms with E-state index in [2.05, 4.69) is 28.6 Å². The molecule has 0 fully saturated rings. The number of imidazole rings is 1. The van der Waals surface area contributed by atoms with Gasteiger partial charge in [-0.2, -0.15) is 0 Å². The van der Waals surface area contributed by atoms with E-state index in [0.29, 0.717) is 17.3 Å². The van der Waals surface area contributed by atoms with Crippen LogP contribution in [0.2, 0.25) is 0 Å². The molecule has 0 radical (unpaired) electrons. The molecule has 0 aliphatic carbocycles. The highest BCUT2D eigenvalue weighted by molar-refractivity contribution is 6.04. The van der Waals surface area contributed by atoms with E-state index in [0.717, 1.165) is 36.5 Å². The molecule has 26 heavy (non-hydrogen) atoms. The van der Waals surface area contributed by atoms with Crippen molar-refractivity contribution in [2.24, 2.45) is 0 Å². The van der Waals surface area contributed by atoms with E-state index < -0.39 is 0 Å². The Bertz CT molecular complexity index is 962. The van der Waals surface area contributed by atoms with Crippen molar-refractivity contribution in [2.45, 2.75) is 33.0 Å². The Kier molecular flexibility index (Phi) is 4.20. The maximum Gasteiger partial charge on any atom is 0.255 e. The number of anilines is 1. The van der Waals surface area contributed by atoms with Gasteiger partial charge in [-0.15, -0.1) is 0 Å². The molecule has 0 spiro atoms. The first-order valence-corrected chi connectivity index (χ1v) is 8.81. The largest absolute Gasteiger partial charge is 0.326 e. The highest BCUT2D eigenvalue weighted by Crippen LogP contribution is 2.24. The monoisotopic (exact) mass is 352 g/mol. The van der Waals surface area contributed by atoms with E-state index in [4.69, 9.17) is 4.98 Å². The Hall–Kier alpha value is -2.73. The summed E-state index contributed by atoms with van der Waals surface area (Å²) in [5.41, 5.74) is 3.07. The second-order valence-electron chi connectivity index (χ2n) is 6.91. The lowest BCUT2D eigenvalue weighted by atomic mass is 10.2. The van der Waals surface area contributed by atoms with E-state index in [9.17, 15) is 9.18 Å². The summed E-state index contributed by atoms with van der Waals surface area (Å²) >= 11 is 0. The Labute approximate surface area is 151 Å². The summed E-state index contributed by atoms with van der Waals surface area (Å²) < 4.78 is 15.2. The van der Waals surface area contributed by atoms with Crippen molar-refractivity contribution in [2.75, 3.05) is 11.9 Å². The molecular formula is C20H21FN4O. The van der Waals surface area contributed by atoms with Crippen LogP contribution in [0.4, 0.5) is 10.1 Å². The van der Waals surface area contributed by atoms with Gasteiger partial charge in [-0.05, 0) is 56.3 Å². The topological polar surface area (TPSA) is 50.2 Å². The highest BCUT2D eigenvalue weighted by atomic mass is 19.1. The third kappa shape index (κ3) is 3.08. The number of nitrogens with zero attached hydrogens (tertiary/aromatic N) is 3. The number of carbonyl (C=O) groups is 1. The maximum atomic E-state index is 13.0. The molecule has 0 unspecified atom stereocenters. The molecular weight excluding hydrogens is 331 g/mol. The second-order valence-corrected chi connectivity index (χ2v) is 6.91.